The van der Waals surface area contributed by atoms with Crippen LogP contribution in [-0.4, -0.2) is 12.6 Å². The average Bonchev–Trinajstić information content (AvgIpc) is 2.30. The predicted molar refractivity (Wildman–Crippen MR) is 79.3 cm³/mol. The Morgan fingerprint density at radius 2 is 1.83 bits per heavy atom. The fraction of sp³-hybridized carbons (Fsp3) is 0.600. The van der Waals surface area contributed by atoms with Crippen molar-refractivity contribution in [3.05, 3.63) is 34.1 Å². The topological polar surface area (TPSA) is 12.0 Å². The van der Waals surface area contributed by atoms with Gasteiger partial charge in [-0.25, -0.2) is 4.39 Å². The molecule has 0 spiro atoms. The molecule has 102 valence electrons. The summed E-state index contributed by atoms with van der Waals surface area (Å²) in [5.74, 6) is 0.991. The van der Waals surface area contributed by atoms with Gasteiger partial charge < -0.3 is 5.32 Å². The van der Waals surface area contributed by atoms with Crippen molar-refractivity contribution in [2.75, 3.05) is 6.54 Å². The van der Waals surface area contributed by atoms with E-state index in [1.165, 1.54) is 11.6 Å². The van der Waals surface area contributed by atoms with Gasteiger partial charge in [-0.15, -0.1) is 0 Å². The molecule has 2 unspecified atom stereocenters. The van der Waals surface area contributed by atoms with E-state index in [1.807, 2.05) is 12.1 Å². The van der Waals surface area contributed by atoms with Crippen LogP contribution in [-0.2, 0) is 6.42 Å². The van der Waals surface area contributed by atoms with Crippen molar-refractivity contribution in [1.29, 1.82) is 0 Å². The lowest BCUT2D eigenvalue weighted by Gasteiger charge is -2.22. The van der Waals surface area contributed by atoms with E-state index in [9.17, 15) is 4.39 Å². The summed E-state index contributed by atoms with van der Waals surface area (Å²) in [6.45, 7) is 9.87. The van der Waals surface area contributed by atoms with Gasteiger partial charge in [0, 0.05) is 6.04 Å². The maximum atomic E-state index is 13.1. The van der Waals surface area contributed by atoms with E-state index in [2.05, 4.69) is 48.9 Å². The standard InChI is InChI=1S/C15H23BrFN/c1-10(2)18-9-12(4)11(3)7-13-5-6-15(17)14(16)8-13/h5-6,8,10-12,18H,7,9H2,1-4H3. The van der Waals surface area contributed by atoms with Crippen LogP contribution < -0.4 is 5.32 Å². The van der Waals surface area contributed by atoms with Gasteiger partial charge in [0.1, 0.15) is 5.82 Å². The summed E-state index contributed by atoms with van der Waals surface area (Å²) in [5, 5.41) is 3.46. The average molecular weight is 316 g/mol. The Kier molecular flexibility index (Phi) is 6.30. The van der Waals surface area contributed by atoms with Crippen LogP contribution in [0.4, 0.5) is 4.39 Å². The summed E-state index contributed by atoms with van der Waals surface area (Å²) in [6.07, 6.45) is 0.986. The van der Waals surface area contributed by atoms with Crippen molar-refractivity contribution < 1.29 is 4.39 Å². The molecule has 0 aliphatic heterocycles. The van der Waals surface area contributed by atoms with Crippen LogP contribution in [0.1, 0.15) is 33.3 Å². The fourth-order valence-electron chi connectivity index (χ4n) is 1.86. The van der Waals surface area contributed by atoms with Crippen molar-refractivity contribution in [2.45, 2.75) is 40.2 Å². The van der Waals surface area contributed by atoms with Crippen molar-refractivity contribution in [2.24, 2.45) is 11.8 Å². The van der Waals surface area contributed by atoms with E-state index in [0.29, 0.717) is 22.4 Å². The lowest BCUT2D eigenvalue weighted by Crippen LogP contribution is -2.31. The lowest BCUT2D eigenvalue weighted by molar-refractivity contribution is 0.354. The molecule has 1 aromatic carbocycles. The minimum atomic E-state index is -0.194. The number of nitrogens with one attached hydrogen (secondary N) is 1. The number of benzene rings is 1. The Morgan fingerprint density at radius 3 is 2.39 bits per heavy atom. The quantitative estimate of drug-likeness (QED) is 0.820. The lowest BCUT2D eigenvalue weighted by atomic mass is 9.89. The van der Waals surface area contributed by atoms with Crippen LogP contribution >= 0.6 is 15.9 Å². The highest BCUT2D eigenvalue weighted by atomic mass is 79.9. The zero-order valence-corrected chi connectivity index (χ0v) is 13.2. The highest BCUT2D eigenvalue weighted by Gasteiger charge is 2.13. The van der Waals surface area contributed by atoms with E-state index < -0.39 is 0 Å². The first-order valence-corrected chi connectivity index (χ1v) is 7.36. The molecule has 0 amide bonds. The molecule has 3 heteroatoms. The van der Waals surface area contributed by atoms with Gasteiger partial charge in [-0.3, -0.25) is 0 Å². The van der Waals surface area contributed by atoms with Crippen LogP contribution in [0.5, 0.6) is 0 Å². The van der Waals surface area contributed by atoms with Crippen molar-refractivity contribution in [3.8, 4) is 0 Å². The molecular formula is C15H23BrFN. The third-order valence-corrected chi connectivity index (χ3v) is 3.97. The first-order valence-electron chi connectivity index (χ1n) is 6.57. The van der Waals surface area contributed by atoms with Crippen molar-refractivity contribution in [3.63, 3.8) is 0 Å². The van der Waals surface area contributed by atoms with Crippen LogP contribution in [0, 0.1) is 17.7 Å². The summed E-state index contributed by atoms with van der Waals surface area (Å²) >= 11 is 3.24. The Morgan fingerprint density at radius 1 is 1.17 bits per heavy atom. The first-order chi connectivity index (χ1) is 8.40. The van der Waals surface area contributed by atoms with Crippen molar-refractivity contribution in [1.82, 2.24) is 5.32 Å². The van der Waals surface area contributed by atoms with Crippen LogP contribution in [0.25, 0.3) is 0 Å². The Balaban J connectivity index is 2.52. The zero-order chi connectivity index (χ0) is 13.7. The van der Waals surface area contributed by atoms with E-state index in [1.54, 1.807) is 0 Å². The second-order valence-electron chi connectivity index (χ2n) is 5.47. The molecule has 0 aliphatic rings. The van der Waals surface area contributed by atoms with E-state index in [-0.39, 0.29) is 5.82 Å². The molecule has 0 aromatic heterocycles. The van der Waals surface area contributed by atoms with Crippen molar-refractivity contribution >= 4 is 15.9 Å². The molecular weight excluding hydrogens is 293 g/mol. The highest BCUT2D eigenvalue weighted by molar-refractivity contribution is 9.10. The summed E-state index contributed by atoms with van der Waals surface area (Å²) < 4.78 is 13.7. The third kappa shape index (κ3) is 5.07. The number of halogens is 2. The number of hydrogen-bond acceptors (Lipinski definition) is 1. The van der Waals surface area contributed by atoms with Gasteiger partial charge in [0.25, 0.3) is 0 Å². The Bertz CT molecular complexity index is 379. The maximum Gasteiger partial charge on any atom is 0.137 e. The molecule has 1 nitrogen and oxygen atoms in total. The monoisotopic (exact) mass is 315 g/mol. The normalized spacial score (nSPS) is 14.8. The first kappa shape index (κ1) is 15.6. The van der Waals surface area contributed by atoms with E-state index >= 15 is 0 Å². The molecule has 18 heavy (non-hydrogen) atoms. The summed E-state index contributed by atoms with van der Waals surface area (Å²) in [4.78, 5) is 0. The molecule has 1 rings (SSSR count). The molecule has 0 saturated carbocycles. The molecule has 0 radical (unpaired) electrons. The van der Waals surface area contributed by atoms with E-state index in [4.69, 9.17) is 0 Å². The van der Waals surface area contributed by atoms with Gasteiger partial charge >= 0.3 is 0 Å². The highest BCUT2D eigenvalue weighted by Crippen LogP contribution is 2.21. The molecule has 0 aliphatic carbocycles. The van der Waals surface area contributed by atoms with Gasteiger partial charge in [-0.05, 0) is 58.4 Å². The van der Waals surface area contributed by atoms with Gasteiger partial charge in [0.2, 0.25) is 0 Å². The minimum Gasteiger partial charge on any atom is -0.314 e. The largest absolute Gasteiger partial charge is 0.314 e. The van der Waals surface area contributed by atoms with Gasteiger partial charge in [0.15, 0.2) is 0 Å². The summed E-state index contributed by atoms with van der Waals surface area (Å²) in [7, 11) is 0. The minimum absolute atomic E-state index is 0.194. The fourth-order valence-corrected chi connectivity index (χ4v) is 2.29. The Labute approximate surface area is 118 Å². The molecule has 0 bridgehead atoms. The third-order valence-electron chi connectivity index (χ3n) is 3.36. The second-order valence-corrected chi connectivity index (χ2v) is 6.32. The van der Waals surface area contributed by atoms with E-state index in [0.717, 1.165) is 13.0 Å². The van der Waals surface area contributed by atoms with Crippen LogP contribution in [0.2, 0.25) is 0 Å². The molecule has 1 aromatic rings. The van der Waals surface area contributed by atoms with Crippen LogP contribution in [0.3, 0.4) is 0 Å². The number of rotatable bonds is 6. The predicted octanol–water partition coefficient (Wildman–Crippen LogP) is 4.40. The van der Waals surface area contributed by atoms with Gasteiger partial charge in [0.05, 0.1) is 4.47 Å². The zero-order valence-electron chi connectivity index (χ0n) is 11.6. The number of hydrogen-bond donors (Lipinski definition) is 1. The second kappa shape index (κ2) is 7.25. The smallest absolute Gasteiger partial charge is 0.137 e. The van der Waals surface area contributed by atoms with Gasteiger partial charge in [-0.2, -0.15) is 0 Å². The maximum absolute atomic E-state index is 13.1. The summed E-state index contributed by atoms with van der Waals surface area (Å²) in [5.41, 5.74) is 1.19. The molecule has 0 saturated heterocycles. The molecule has 1 N–H and O–H groups in total. The molecule has 2 atom stereocenters. The SMILES string of the molecule is CC(C)NCC(C)C(C)Cc1ccc(F)c(Br)c1. The molecule has 0 fully saturated rings. The Hall–Kier alpha value is -0.410. The summed E-state index contributed by atoms with van der Waals surface area (Å²) in [6, 6.07) is 5.82. The molecule has 0 heterocycles. The van der Waals surface area contributed by atoms with Crippen LogP contribution in [0.15, 0.2) is 22.7 Å². The van der Waals surface area contributed by atoms with Gasteiger partial charge in [-0.1, -0.05) is 33.8 Å².